The monoisotopic (exact) mass is 504 g/mol. The summed E-state index contributed by atoms with van der Waals surface area (Å²) in [6, 6.07) is 6.67. The van der Waals surface area contributed by atoms with Crippen molar-refractivity contribution in [3.63, 3.8) is 0 Å². The van der Waals surface area contributed by atoms with Crippen molar-refractivity contribution >= 4 is 47.4 Å². The molecule has 2 rings (SSSR count). The van der Waals surface area contributed by atoms with Gasteiger partial charge in [0.05, 0.1) is 32.8 Å². The molecular weight excluding hydrogens is 484 g/mol. The Morgan fingerprint density at radius 2 is 1.23 bits per heavy atom. The van der Waals surface area contributed by atoms with E-state index in [-0.39, 0.29) is 34.0 Å². The zero-order chi connectivity index (χ0) is 26.1. The maximum absolute atomic E-state index is 12.2. The Morgan fingerprint density at radius 1 is 0.857 bits per heavy atom. The molecule has 0 spiro atoms. The Kier molecular flexibility index (Phi) is 9.22. The second-order valence-electron chi connectivity index (χ2n) is 6.89. The lowest BCUT2D eigenvalue weighted by Gasteiger charge is -2.14. The lowest BCUT2D eigenvalue weighted by Crippen LogP contribution is -2.33. The maximum atomic E-state index is 12.2. The first-order chi connectivity index (χ1) is 16.5. The van der Waals surface area contributed by atoms with Crippen molar-refractivity contribution in [2.45, 2.75) is 24.3 Å². The highest BCUT2D eigenvalue weighted by atomic mass is 32.2. The van der Waals surface area contributed by atoms with E-state index in [0.29, 0.717) is 0 Å². The topological polar surface area (TPSA) is 210 Å². The van der Waals surface area contributed by atoms with E-state index >= 15 is 0 Å². The van der Waals surface area contributed by atoms with Crippen LogP contribution >= 0.6 is 11.8 Å². The van der Waals surface area contributed by atoms with Crippen molar-refractivity contribution in [2.75, 3.05) is 0 Å². The number of amides is 2. The molecule has 35 heavy (non-hydrogen) atoms. The first-order valence-electron chi connectivity index (χ1n) is 9.75. The van der Waals surface area contributed by atoms with Crippen LogP contribution < -0.4 is 10.9 Å². The molecule has 184 valence electrons. The Bertz CT molecular complexity index is 1110. The summed E-state index contributed by atoms with van der Waals surface area (Å²) < 4.78 is 0. The second kappa shape index (κ2) is 12.1. The predicted molar refractivity (Wildman–Crippen MR) is 128 cm³/mol. The number of nitrogens with zero attached hydrogens (tertiary/aromatic N) is 4. The molecule has 0 heterocycles. The molecule has 2 atom stereocenters. The standard InChI is InChI=1S/C20H20N6O8S/c1-11(19(29)23-21-9-13-7-15(25(31)32)3-5-17(13)27)35-12(2)20(30)24-22-10-14-8-16(26(33)34)4-6-18(14)28/h3-12,27-28H,1-2H3,(H,23,29)(H,24,30)/b21-9+,22-10+. The fraction of sp³-hybridized carbons (Fsp3) is 0.200. The molecule has 0 aliphatic carbocycles. The second-order valence-corrected chi connectivity index (χ2v) is 8.58. The third-order valence-corrected chi connectivity index (χ3v) is 5.59. The van der Waals surface area contributed by atoms with Crippen LogP contribution in [-0.4, -0.2) is 54.8 Å². The summed E-state index contributed by atoms with van der Waals surface area (Å²) in [6.45, 7) is 3.04. The minimum Gasteiger partial charge on any atom is -0.507 e. The van der Waals surface area contributed by atoms with Gasteiger partial charge in [-0.25, -0.2) is 10.9 Å². The molecule has 0 aromatic heterocycles. The number of non-ortho nitro benzene ring substituents is 2. The molecule has 4 N–H and O–H groups in total. The molecule has 0 bridgehead atoms. The van der Waals surface area contributed by atoms with E-state index in [0.717, 1.165) is 60.6 Å². The molecular formula is C20H20N6O8S. The minimum atomic E-state index is -0.739. The van der Waals surface area contributed by atoms with Crippen molar-refractivity contribution in [1.82, 2.24) is 10.9 Å². The number of hydrogen-bond donors (Lipinski definition) is 4. The van der Waals surface area contributed by atoms with Gasteiger partial charge in [0, 0.05) is 35.4 Å². The normalized spacial score (nSPS) is 12.9. The van der Waals surface area contributed by atoms with E-state index < -0.39 is 32.2 Å². The van der Waals surface area contributed by atoms with Gasteiger partial charge in [-0.3, -0.25) is 29.8 Å². The van der Waals surface area contributed by atoms with Crippen LogP contribution in [0.5, 0.6) is 11.5 Å². The van der Waals surface area contributed by atoms with E-state index in [4.69, 9.17) is 0 Å². The van der Waals surface area contributed by atoms with Gasteiger partial charge in [-0.15, -0.1) is 11.8 Å². The molecule has 2 aromatic carbocycles. The van der Waals surface area contributed by atoms with Crippen LogP contribution in [0.1, 0.15) is 25.0 Å². The Balaban J connectivity index is 1.89. The van der Waals surface area contributed by atoms with Crippen LogP contribution in [0.4, 0.5) is 11.4 Å². The van der Waals surface area contributed by atoms with Gasteiger partial charge in [-0.2, -0.15) is 10.2 Å². The third-order valence-electron chi connectivity index (χ3n) is 4.35. The van der Waals surface area contributed by atoms with Gasteiger partial charge in [0.15, 0.2) is 0 Å². The van der Waals surface area contributed by atoms with E-state index in [9.17, 15) is 40.0 Å². The summed E-state index contributed by atoms with van der Waals surface area (Å²) >= 11 is 0.978. The van der Waals surface area contributed by atoms with Crippen LogP contribution in [0.15, 0.2) is 46.6 Å². The van der Waals surface area contributed by atoms with Crippen molar-refractivity contribution in [2.24, 2.45) is 10.2 Å². The molecule has 0 saturated heterocycles. The minimum absolute atomic E-state index is 0.0280. The van der Waals surface area contributed by atoms with E-state index in [1.54, 1.807) is 0 Å². The summed E-state index contributed by atoms with van der Waals surface area (Å²) in [5.41, 5.74) is 3.98. The van der Waals surface area contributed by atoms with E-state index in [1.807, 2.05) is 0 Å². The lowest BCUT2D eigenvalue weighted by molar-refractivity contribution is -0.385. The number of carbonyl (C=O) groups is 2. The predicted octanol–water partition coefficient (Wildman–Crippen LogP) is 2.02. The number of hydrazone groups is 2. The highest BCUT2D eigenvalue weighted by Gasteiger charge is 2.21. The molecule has 0 radical (unpaired) electrons. The van der Waals surface area contributed by atoms with Gasteiger partial charge < -0.3 is 10.2 Å². The van der Waals surface area contributed by atoms with E-state index in [1.165, 1.54) is 13.8 Å². The van der Waals surface area contributed by atoms with Crippen LogP contribution in [-0.2, 0) is 9.59 Å². The molecule has 15 heteroatoms. The summed E-state index contributed by atoms with van der Waals surface area (Å²) in [6.07, 6.45) is 2.09. The molecule has 0 aliphatic heterocycles. The number of phenolic OH excluding ortho intramolecular Hbond substituents is 2. The molecule has 0 saturated carbocycles. The fourth-order valence-corrected chi connectivity index (χ4v) is 3.43. The number of nitro benzene ring substituents is 2. The van der Waals surface area contributed by atoms with E-state index in [2.05, 4.69) is 21.1 Å². The van der Waals surface area contributed by atoms with Crippen molar-refractivity contribution in [3.05, 3.63) is 67.8 Å². The van der Waals surface area contributed by atoms with Crippen LogP contribution in [0.25, 0.3) is 0 Å². The zero-order valence-corrected chi connectivity index (χ0v) is 19.1. The SMILES string of the molecule is CC(SC(C)C(=O)N/N=C/c1cc([N+](=O)[O-])ccc1O)C(=O)N/N=C/c1cc([N+](=O)[O-])ccc1O. The number of hydrogen-bond acceptors (Lipinski definition) is 11. The van der Waals surface area contributed by atoms with Crippen molar-refractivity contribution < 1.29 is 29.6 Å². The first-order valence-corrected chi connectivity index (χ1v) is 10.7. The van der Waals surface area contributed by atoms with Gasteiger partial charge >= 0.3 is 0 Å². The van der Waals surface area contributed by atoms with Crippen molar-refractivity contribution in [3.8, 4) is 11.5 Å². The van der Waals surface area contributed by atoms with Crippen molar-refractivity contribution in [1.29, 1.82) is 0 Å². The average Bonchev–Trinajstić information content (AvgIpc) is 2.80. The summed E-state index contributed by atoms with van der Waals surface area (Å²) in [5.74, 6) is -1.66. The van der Waals surface area contributed by atoms with Gasteiger partial charge in [0.2, 0.25) is 0 Å². The third kappa shape index (κ3) is 7.78. The molecule has 2 amide bonds. The van der Waals surface area contributed by atoms with Gasteiger partial charge in [-0.1, -0.05) is 0 Å². The number of nitro groups is 2. The van der Waals surface area contributed by atoms with Crippen LogP contribution in [0, 0.1) is 20.2 Å². The average molecular weight is 504 g/mol. The first kappa shape index (κ1) is 26.7. The number of nitrogens with one attached hydrogen (secondary N) is 2. The number of carbonyl (C=O) groups excluding carboxylic acids is 2. The number of thioether (sulfide) groups is 1. The lowest BCUT2D eigenvalue weighted by atomic mass is 10.2. The highest BCUT2D eigenvalue weighted by Crippen LogP contribution is 2.22. The maximum Gasteiger partial charge on any atom is 0.270 e. The van der Waals surface area contributed by atoms with Gasteiger partial charge in [-0.05, 0) is 26.0 Å². The zero-order valence-electron chi connectivity index (χ0n) is 18.3. The number of phenols is 2. The molecule has 2 unspecified atom stereocenters. The fourth-order valence-electron chi connectivity index (χ4n) is 2.46. The summed E-state index contributed by atoms with van der Waals surface area (Å²) in [5, 5.41) is 47.0. The number of rotatable bonds is 10. The molecule has 14 nitrogen and oxygen atoms in total. The Labute approximate surface area is 202 Å². The number of benzene rings is 2. The highest BCUT2D eigenvalue weighted by molar-refractivity contribution is 8.01. The number of aromatic hydroxyl groups is 2. The smallest absolute Gasteiger partial charge is 0.270 e. The molecule has 2 aromatic rings. The van der Waals surface area contributed by atoms with Crippen LogP contribution in [0.3, 0.4) is 0 Å². The van der Waals surface area contributed by atoms with Crippen LogP contribution in [0.2, 0.25) is 0 Å². The van der Waals surface area contributed by atoms with Gasteiger partial charge in [0.1, 0.15) is 11.5 Å². The molecule has 0 fully saturated rings. The Morgan fingerprint density at radius 3 is 1.57 bits per heavy atom. The Hall–Kier alpha value is -4.53. The summed E-state index contributed by atoms with van der Waals surface area (Å²) in [7, 11) is 0. The summed E-state index contributed by atoms with van der Waals surface area (Å²) in [4.78, 5) is 44.8. The largest absolute Gasteiger partial charge is 0.507 e. The van der Waals surface area contributed by atoms with Gasteiger partial charge in [0.25, 0.3) is 23.2 Å². The quantitative estimate of drug-likeness (QED) is 0.211. The molecule has 0 aliphatic rings.